The smallest absolute Gasteiger partial charge is 0.169 e. The fourth-order valence-electron chi connectivity index (χ4n) is 1.03. The fourth-order valence-corrected chi connectivity index (χ4v) is 1.03. The SMILES string of the molecule is N=C(N)c1ccc(C(=O)CC=O)cc1. The number of nitrogens with one attached hydrogen (secondary N) is 1. The van der Waals surface area contributed by atoms with Gasteiger partial charge in [0.05, 0.1) is 6.42 Å². The van der Waals surface area contributed by atoms with E-state index >= 15 is 0 Å². The molecule has 4 nitrogen and oxygen atoms in total. The van der Waals surface area contributed by atoms with E-state index in [9.17, 15) is 9.59 Å². The highest BCUT2D eigenvalue weighted by molar-refractivity contribution is 6.03. The van der Waals surface area contributed by atoms with Crippen LogP contribution in [0, 0.1) is 5.41 Å². The molecule has 72 valence electrons. The molecule has 0 aliphatic rings. The number of benzene rings is 1. The highest BCUT2D eigenvalue weighted by atomic mass is 16.1. The summed E-state index contributed by atoms with van der Waals surface area (Å²) in [5.74, 6) is -0.269. The van der Waals surface area contributed by atoms with Crippen molar-refractivity contribution in [3.8, 4) is 0 Å². The van der Waals surface area contributed by atoms with E-state index < -0.39 is 0 Å². The molecule has 4 heteroatoms. The second kappa shape index (κ2) is 4.32. The maximum absolute atomic E-state index is 11.2. The van der Waals surface area contributed by atoms with E-state index in [1.54, 1.807) is 24.3 Å². The van der Waals surface area contributed by atoms with Gasteiger partial charge < -0.3 is 10.5 Å². The first-order valence-electron chi connectivity index (χ1n) is 4.06. The molecule has 0 radical (unpaired) electrons. The Labute approximate surface area is 81.2 Å². The number of nitrogen functional groups attached to an aromatic ring is 1. The average Bonchev–Trinajstić information content (AvgIpc) is 2.18. The molecule has 0 saturated heterocycles. The van der Waals surface area contributed by atoms with Crippen molar-refractivity contribution in [1.29, 1.82) is 5.41 Å². The van der Waals surface area contributed by atoms with Crippen LogP contribution in [0.25, 0.3) is 0 Å². The van der Waals surface area contributed by atoms with Crippen LogP contribution in [0.5, 0.6) is 0 Å². The molecule has 0 aliphatic heterocycles. The molecule has 1 rings (SSSR count). The number of aldehydes is 1. The quantitative estimate of drug-likeness (QED) is 0.241. The zero-order valence-electron chi connectivity index (χ0n) is 7.49. The highest BCUT2D eigenvalue weighted by Crippen LogP contribution is 2.05. The van der Waals surface area contributed by atoms with E-state index in [1.807, 2.05) is 0 Å². The van der Waals surface area contributed by atoms with Gasteiger partial charge in [0.1, 0.15) is 12.1 Å². The van der Waals surface area contributed by atoms with Crippen LogP contribution in [0.3, 0.4) is 0 Å². The summed E-state index contributed by atoms with van der Waals surface area (Å²) in [6.07, 6.45) is 0.459. The number of carbonyl (C=O) groups excluding carboxylic acids is 2. The second-order valence-corrected chi connectivity index (χ2v) is 2.78. The third-order valence-corrected chi connectivity index (χ3v) is 1.79. The van der Waals surface area contributed by atoms with Gasteiger partial charge in [-0.05, 0) is 0 Å². The van der Waals surface area contributed by atoms with Crippen molar-refractivity contribution in [1.82, 2.24) is 0 Å². The Hall–Kier alpha value is -1.97. The number of ketones is 1. The molecule has 0 fully saturated rings. The van der Waals surface area contributed by atoms with Crippen LogP contribution in [0.4, 0.5) is 0 Å². The first kappa shape index (κ1) is 10.1. The van der Waals surface area contributed by atoms with Gasteiger partial charge in [-0.3, -0.25) is 10.2 Å². The molecule has 3 N–H and O–H groups in total. The third kappa shape index (κ3) is 2.26. The maximum Gasteiger partial charge on any atom is 0.169 e. The van der Waals surface area contributed by atoms with E-state index in [2.05, 4.69) is 0 Å². The van der Waals surface area contributed by atoms with Crippen molar-refractivity contribution >= 4 is 17.9 Å². The van der Waals surface area contributed by atoms with Crippen molar-refractivity contribution < 1.29 is 9.59 Å². The molecule has 0 heterocycles. The normalized spacial score (nSPS) is 9.43. The second-order valence-electron chi connectivity index (χ2n) is 2.78. The maximum atomic E-state index is 11.2. The molecule has 0 spiro atoms. The van der Waals surface area contributed by atoms with Crippen LogP contribution in [-0.4, -0.2) is 17.9 Å². The number of hydrogen-bond acceptors (Lipinski definition) is 3. The molecule has 14 heavy (non-hydrogen) atoms. The van der Waals surface area contributed by atoms with Crippen LogP contribution >= 0.6 is 0 Å². The zero-order chi connectivity index (χ0) is 10.6. The molecule has 0 atom stereocenters. The van der Waals surface area contributed by atoms with E-state index in [4.69, 9.17) is 11.1 Å². The van der Waals surface area contributed by atoms with E-state index in [0.29, 0.717) is 17.4 Å². The van der Waals surface area contributed by atoms with E-state index in [-0.39, 0.29) is 18.0 Å². The average molecular weight is 190 g/mol. The Morgan fingerprint density at radius 2 is 1.79 bits per heavy atom. The minimum absolute atomic E-state index is 0.0422. The van der Waals surface area contributed by atoms with Crippen LogP contribution in [0.2, 0.25) is 0 Å². The monoisotopic (exact) mass is 190 g/mol. The molecular weight excluding hydrogens is 180 g/mol. The first-order valence-corrected chi connectivity index (χ1v) is 4.06. The highest BCUT2D eigenvalue weighted by Gasteiger charge is 2.04. The molecule has 1 aromatic carbocycles. The van der Waals surface area contributed by atoms with Gasteiger partial charge in [0.15, 0.2) is 5.78 Å². The third-order valence-electron chi connectivity index (χ3n) is 1.79. The Balaban J connectivity index is 2.88. The molecule has 0 bridgehead atoms. The van der Waals surface area contributed by atoms with Gasteiger partial charge in [0, 0.05) is 11.1 Å². The van der Waals surface area contributed by atoms with Crippen molar-refractivity contribution in [3.05, 3.63) is 35.4 Å². The van der Waals surface area contributed by atoms with Crippen molar-refractivity contribution in [2.45, 2.75) is 6.42 Å². The molecule has 1 aromatic rings. The lowest BCUT2D eigenvalue weighted by Crippen LogP contribution is -2.11. The minimum atomic E-state index is -0.227. The van der Waals surface area contributed by atoms with Crippen LogP contribution < -0.4 is 5.73 Å². The lowest BCUT2D eigenvalue weighted by Gasteiger charge is -1.99. The summed E-state index contributed by atoms with van der Waals surface area (Å²) < 4.78 is 0. The fraction of sp³-hybridized carbons (Fsp3) is 0.100. The number of hydrogen-bond donors (Lipinski definition) is 2. The lowest BCUT2D eigenvalue weighted by molar-refractivity contribution is -0.107. The first-order chi connectivity index (χ1) is 6.65. The van der Waals surface area contributed by atoms with Crippen molar-refractivity contribution in [2.75, 3.05) is 0 Å². The summed E-state index contributed by atoms with van der Waals surface area (Å²) >= 11 is 0. The van der Waals surface area contributed by atoms with Crippen LogP contribution in [-0.2, 0) is 4.79 Å². The molecule has 0 aromatic heterocycles. The van der Waals surface area contributed by atoms with E-state index in [1.165, 1.54) is 0 Å². The lowest BCUT2D eigenvalue weighted by atomic mass is 10.1. The van der Waals surface area contributed by atoms with Gasteiger partial charge >= 0.3 is 0 Å². The molecule has 0 saturated carbocycles. The zero-order valence-corrected chi connectivity index (χ0v) is 7.49. The van der Waals surface area contributed by atoms with E-state index in [0.717, 1.165) is 0 Å². The summed E-state index contributed by atoms with van der Waals surface area (Å²) in [6.45, 7) is 0. The largest absolute Gasteiger partial charge is 0.384 e. The number of amidine groups is 1. The standard InChI is InChI=1S/C10H10N2O2/c11-10(12)8-3-1-7(2-4-8)9(14)5-6-13/h1-4,6H,5H2,(H3,11,12). The van der Waals surface area contributed by atoms with Gasteiger partial charge in [-0.1, -0.05) is 24.3 Å². The summed E-state index contributed by atoms with van der Waals surface area (Å²) in [5.41, 5.74) is 6.26. The van der Waals surface area contributed by atoms with Crippen molar-refractivity contribution in [2.24, 2.45) is 5.73 Å². The Bertz CT molecular complexity index is 368. The predicted octanol–water partition coefficient (Wildman–Crippen LogP) is 0.742. The minimum Gasteiger partial charge on any atom is -0.384 e. The number of rotatable bonds is 4. The summed E-state index contributed by atoms with van der Waals surface area (Å²) in [6, 6.07) is 6.28. The summed E-state index contributed by atoms with van der Waals surface area (Å²) in [4.78, 5) is 21.3. The summed E-state index contributed by atoms with van der Waals surface area (Å²) in [7, 11) is 0. The Kier molecular flexibility index (Phi) is 3.12. The molecule has 0 aliphatic carbocycles. The van der Waals surface area contributed by atoms with Crippen LogP contribution in [0.1, 0.15) is 22.3 Å². The number of Topliss-reactive ketones (excluding diaryl/α,β-unsaturated/α-hetero) is 1. The van der Waals surface area contributed by atoms with Gasteiger partial charge in [0.25, 0.3) is 0 Å². The van der Waals surface area contributed by atoms with Gasteiger partial charge in [-0.15, -0.1) is 0 Å². The van der Waals surface area contributed by atoms with Gasteiger partial charge in [-0.25, -0.2) is 0 Å². The Morgan fingerprint density at radius 1 is 1.29 bits per heavy atom. The predicted molar refractivity (Wildman–Crippen MR) is 52.5 cm³/mol. The molecule has 0 unspecified atom stereocenters. The Morgan fingerprint density at radius 3 is 2.21 bits per heavy atom. The van der Waals surface area contributed by atoms with Gasteiger partial charge in [0.2, 0.25) is 0 Å². The molecular formula is C10H10N2O2. The molecule has 0 amide bonds. The van der Waals surface area contributed by atoms with Crippen molar-refractivity contribution in [3.63, 3.8) is 0 Å². The number of nitrogens with two attached hydrogens (primary N) is 1. The van der Waals surface area contributed by atoms with Gasteiger partial charge in [-0.2, -0.15) is 0 Å². The summed E-state index contributed by atoms with van der Waals surface area (Å²) in [5, 5.41) is 7.13. The topological polar surface area (TPSA) is 84.0 Å². The van der Waals surface area contributed by atoms with Crippen LogP contribution in [0.15, 0.2) is 24.3 Å². The number of carbonyl (C=O) groups is 2.